The normalized spacial score (nSPS) is 13.9. The quantitative estimate of drug-likeness (QED) is 0.232. The van der Waals surface area contributed by atoms with Crippen LogP contribution in [-0.2, 0) is 21.7 Å². The van der Waals surface area contributed by atoms with Crippen LogP contribution in [-0.4, -0.2) is 9.52 Å². The van der Waals surface area contributed by atoms with E-state index >= 15 is 0 Å². The zero-order valence-electron chi connectivity index (χ0n) is 15.2. The number of halogens is 3. The van der Waals surface area contributed by atoms with Crippen molar-refractivity contribution < 1.29 is 58.9 Å². The van der Waals surface area contributed by atoms with Crippen LogP contribution in [0, 0.1) is 6.08 Å². The summed E-state index contributed by atoms with van der Waals surface area (Å²) in [5.74, 6) is 0.599. The Morgan fingerprint density at radius 1 is 0.923 bits per heavy atom. The first-order valence-corrected chi connectivity index (χ1v) is 9.35. The molecule has 1 aliphatic carbocycles. The maximum absolute atomic E-state index is 3.69. The minimum atomic E-state index is 0. The van der Waals surface area contributed by atoms with Crippen LogP contribution in [0.25, 0.3) is 0 Å². The van der Waals surface area contributed by atoms with Gasteiger partial charge in [-0.25, -0.2) is 0 Å². The standard InChI is InChI=1S/C21H23Si.3ClH.Ti/c1-3-4-6-12-18-16(2)15-20-19(18)13-9-14-21(20)22-17-10-7-5-8-11-17;;;;/h5,7-11,13-14,18H,3-4,6,12H2,1-2H3;3*1H;/q-1;;;;+4/p-3. The number of allylic oxidation sites excluding steroid dienone is 1. The second-order valence-electron chi connectivity index (χ2n) is 6.12. The molecule has 3 rings (SSSR count). The zero-order chi connectivity index (χ0) is 15.4. The Labute approximate surface area is 194 Å². The van der Waals surface area contributed by atoms with E-state index in [0.29, 0.717) is 5.92 Å². The fourth-order valence-electron chi connectivity index (χ4n) is 3.27. The van der Waals surface area contributed by atoms with Gasteiger partial charge in [-0.3, -0.25) is 0 Å². The SMILES string of the molecule is CCCCCC1C(C)=[C-]c2c([Si]c3ccccc3)cccc21.[Cl-].[Cl-].[Cl-].[Ti+4]. The smallest absolute Gasteiger partial charge is 1.00 e. The van der Waals surface area contributed by atoms with Crippen LogP contribution in [0.4, 0.5) is 0 Å². The number of rotatable bonds is 6. The van der Waals surface area contributed by atoms with Crippen molar-refractivity contribution in [3.63, 3.8) is 0 Å². The summed E-state index contributed by atoms with van der Waals surface area (Å²) in [7, 11) is 0.725. The Morgan fingerprint density at radius 2 is 1.62 bits per heavy atom. The summed E-state index contributed by atoms with van der Waals surface area (Å²) in [4.78, 5) is 0. The van der Waals surface area contributed by atoms with E-state index in [9.17, 15) is 0 Å². The number of fused-ring (bicyclic) bond motifs is 1. The van der Waals surface area contributed by atoms with Gasteiger partial charge in [0.2, 0.25) is 0 Å². The molecule has 1 aliphatic rings. The molecule has 0 nitrogen and oxygen atoms in total. The van der Waals surface area contributed by atoms with Gasteiger partial charge < -0.3 is 37.2 Å². The number of benzene rings is 2. The Hall–Kier alpha value is -0.0188. The molecule has 0 saturated heterocycles. The van der Waals surface area contributed by atoms with E-state index in [4.69, 9.17) is 0 Å². The number of hydrogen-bond donors (Lipinski definition) is 0. The number of unbranched alkanes of at least 4 members (excludes halogenated alkanes) is 2. The molecule has 0 spiro atoms. The third-order valence-corrected chi connectivity index (χ3v) is 5.77. The van der Waals surface area contributed by atoms with Gasteiger partial charge in [0.1, 0.15) is 0 Å². The van der Waals surface area contributed by atoms with Crippen LogP contribution in [0.15, 0.2) is 54.1 Å². The van der Waals surface area contributed by atoms with Gasteiger partial charge in [-0.2, -0.15) is 16.8 Å². The van der Waals surface area contributed by atoms with Crippen molar-refractivity contribution in [2.75, 3.05) is 0 Å². The van der Waals surface area contributed by atoms with Crippen molar-refractivity contribution in [3.8, 4) is 0 Å². The fourth-order valence-corrected chi connectivity index (χ4v) is 4.45. The van der Waals surface area contributed by atoms with Gasteiger partial charge in [-0.05, 0) is 0 Å². The van der Waals surface area contributed by atoms with Crippen LogP contribution >= 0.6 is 0 Å². The molecule has 0 fully saturated rings. The van der Waals surface area contributed by atoms with Crippen molar-refractivity contribution >= 4 is 19.9 Å². The third kappa shape index (κ3) is 6.86. The van der Waals surface area contributed by atoms with Crippen LogP contribution < -0.4 is 47.6 Å². The van der Waals surface area contributed by atoms with Gasteiger partial charge in [-0.1, -0.05) is 87.0 Å². The first-order chi connectivity index (χ1) is 10.8. The van der Waals surface area contributed by atoms with Crippen molar-refractivity contribution in [1.82, 2.24) is 0 Å². The first-order valence-electron chi connectivity index (χ1n) is 8.35. The summed E-state index contributed by atoms with van der Waals surface area (Å²) in [6.45, 7) is 4.53. The molecule has 0 N–H and O–H groups in total. The fraction of sp³-hybridized carbons (Fsp3) is 0.333. The molecule has 0 aromatic heterocycles. The predicted molar refractivity (Wildman–Crippen MR) is 96.3 cm³/mol. The van der Waals surface area contributed by atoms with E-state index in [-0.39, 0.29) is 58.9 Å². The molecule has 0 saturated carbocycles. The average molecular weight is 458 g/mol. The molecular formula is C21H23Cl3SiTi. The van der Waals surface area contributed by atoms with Gasteiger partial charge in [0.25, 0.3) is 0 Å². The topological polar surface area (TPSA) is 0 Å². The number of hydrogen-bond acceptors (Lipinski definition) is 0. The van der Waals surface area contributed by atoms with Crippen LogP contribution in [0.1, 0.15) is 56.6 Å². The largest absolute Gasteiger partial charge is 4.00 e. The second-order valence-corrected chi connectivity index (χ2v) is 7.48. The molecule has 0 aliphatic heterocycles. The summed E-state index contributed by atoms with van der Waals surface area (Å²) >= 11 is 0. The Bertz CT molecular complexity index is 674. The minimum Gasteiger partial charge on any atom is -1.00 e. The Balaban J connectivity index is 0. The molecular weight excluding hydrogens is 435 g/mol. The van der Waals surface area contributed by atoms with E-state index in [1.54, 1.807) is 0 Å². The predicted octanol–water partition coefficient (Wildman–Crippen LogP) is -4.87. The Morgan fingerprint density at radius 3 is 2.27 bits per heavy atom. The van der Waals surface area contributed by atoms with Crippen molar-refractivity contribution in [1.29, 1.82) is 0 Å². The van der Waals surface area contributed by atoms with Crippen molar-refractivity contribution in [2.24, 2.45) is 0 Å². The molecule has 1 atom stereocenters. The monoisotopic (exact) mass is 456 g/mol. The average Bonchev–Trinajstić information content (AvgIpc) is 2.86. The molecule has 2 radical (unpaired) electrons. The minimum absolute atomic E-state index is 0. The molecule has 0 bridgehead atoms. The maximum atomic E-state index is 3.69. The second kappa shape index (κ2) is 14.0. The van der Waals surface area contributed by atoms with E-state index in [1.807, 2.05) is 0 Å². The van der Waals surface area contributed by atoms with Gasteiger partial charge in [-0.15, -0.1) is 23.3 Å². The van der Waals surface area contributed by atoms with Crippen LogP contribution in [0.5, 0.6) is 0 Å². The summed E-state index contributed by atoms with van der Waals surface area (Å²) in [5.41, 5.74) is 4.31. The maximum Gasteiger partial charge on any atom is 4.00 e. The van der Waals surface area contributed by atoms with Crippen LogP contribution in [0.2, 0.25) is 0 Å². The van der Waals surface area contributed by atoms with Crippen molar-refractivity contribution in [3.05, 3.63) is 71.3 Å². The molecule has 0 heterocycles. The van der Waals surface area contributed by atoms with Crippen LogP contribution in [0.3, 0.4) is 0 Å². The summed E-state index contributed by atoms with van der Waals surface area (Å²) in [6, 6.07) is 17.6. The zero-order valence-corrected chi connectivity index (χ0v) is 20.0. The van der Waals surface area contributed by atoms with Gasteiger partial charge in [0.05, 0.1) is 0 Å². The molecule has 2 aromatic rings. The van der Waals surface area contributed by atoms with E-state index in [1.165, 1.54) is 52.8 Å². The summed E-state index contributed by atoms with van der Waals surface area (Å²) < 4.78 is 0. The summed E-state index contributed by atoms with van der Waals surface area (Å²) in [6.07, 6.45) is 8.92. The molecule has 2 aromatic carbocycles. The first kappa shape index (κ1) is 28.2. The van der Waals surface area contributed by atoms with Gasteiger partial charge >= 0.3 is 21.7 Å². The van der Waals surface area contributed by atoms with Gasteiger partial charge in [0.15, 0.2) is 0 Å². The van der Waals surface area contributed by atoms with E-state index in [2.05, 4.69) is 68.5 Å². The molecule has 1 unspecified atom stereocenters. The summed E-state index contributed by atoms with van der Waals surface area (Å²) in [5, 5.41) is 2.85. The van der Waals surface area contributed by atoms with Gasteiger partial charge in [0, 0.05) is 9.52 Å². The molecule has 0 amide bonds. The molecule has 136 valence electrons. The van der Waals surface area contributed by atoms with Crippen molar-refractivity contribution in [2.45, 2.75) is 45.4 Å². The Kier molecular flexibility index (Phi) is 15.2. The molecule has 26 heavy (non-hydrogen) atoms. The third-order valence-electron chi connectivity index (χ3n) is 4.47. The van der Waals surface area contributed by atoms with E-state index in [0.717, 1.165) is 9.52 Å². The van der Waals surface area contributed by atoms with E-state index < -0.39 is 0 Å². The molecule has 5 heteroatoms.